The fourth-order valence-corrected chi connectivity index (χ4v) is 5.01. The van der Waals surface area contributed by atoms with E-state index in [0.717, 1.165) is 36.1 Å². The Morgan fingerprint density at radius 3 is 2.45 bits per heavy atom. The molecule has 0 saturated carbocycles. The van der Waals surface area contributed by atoms with Crippen LogP contribution in [0.1, 0.15) is 73.3 Å². The molecule has 2 aromatic rings. The Bertz CT molecular complexity index is 1170. The number of aliphatic hydroxyl groups is 1. The smallest absolute Gasteiger partial charge is 0.410 e. The number of carbonyl (C=O) groups is 2. The average Bonchev–Trinajstić information content (AvgIpc) is 3.54. The van der Waals surface area contributed by atoms with Gasteiger partial charge in [0, 0.05) is 44.2 Å². The monoisotopic (exact) mass is 559 g/mol. The van der Waals surface area contributed by atoms with Crippen LogP contribution in [0.5, 0.6) is 0 Å². The topological polar surface area (TPSA) is 134 Å². The first-order valence-corrected chi connectivity index (χ1v) is 14.4. The Kier molecular flexibility index (Phi) is 9.27. The van der Waals surface area contributed by atoms with Crippen LogP contribution in [-0.2, 0) is 9.47 Å². The molecule has 2 atom stereocenters. The SMILES string of the molecule is CC[C@H](CO)Nc1cc(NC2CCN(C(=O)O[C@H]3CCN(C(=O)OC(C)(C)C)C3)CC2)c2ncn(C(C)C)c2n1. The van der Waals surface area contributed by atoms with Gasteiger partial charge < -0.3 is 39.6 Å². The van der Waals surface area contributed by atoms with Gasteiger partial charge >= 0.3 is 12.2 Å². The van der Waals surface area contributed by atoms with Crippen LogP contribution in [0.3, 0.4) is 0 Å². The van der Waals surface area contributed by atoms with Crippen LogP contribution in [0, 0.1) is 0 Å². The van der Waals surface area contributed by atoms with Crippen LogP contribution < -0.4 is 10.6 Å². The van der Waals surface area contributed by atoms with Gasteiger partial charge in [0.05, 0.1) is 31.2 Å². The quantitative estimate of drug-likeness (QED) is 0.435. The van der Waals surface area contributed by atoms with Crippen LogP contribution in [0.25, 0.3) is 11.2 Å². The van der Waals surface area contributed by atoms with Crippen molar-refractivity contribution in [1.29, 1.82) is 0 Å². The van der Waals surface area contributed by atoms with Crippen LogP contribution in [0.2, 0.25) is 0 Å². The Hall–Kier alpha value is -3.28. The van der Waals surface area contributed by atoms with E-state index in [9.17, 15) is 14.7 Å². The van der Waals surface area contributed by atoms with E-state index in [0.29, 0.717) is 38.4 Å². The zero-order chi connectivity index (χ0) is 29.0. The van der Waals surface area contributed by atoms with Gasteiger partial charge in [-0.1, -0.05) is 6.92 Å². The standard InChI is InChI=1S/C28H45N7O5/c1-7-19(16-36)31-23-14-22(24-25(32-23)35(17-29-24)18(2)3)30-20-8-11-33(12-9-20)26(37)39-21-10-13-34(15-21)27(38)40-28(4,5)6/h14,17-21,36H,7-13,15-16H2,1-6H3,(H2,30,31,32)/t19-,21+/m1/s1. The molecule has 3 N–H and O–H groups in total. The van der Waals surface area contributed by atoms with Crippen molar-refractivity contribution in [3.63, 3.8) is 0 Å². The maximum Gasteiger partial charge on any atom is 0.410 e. The number of rotatable bonds is 8. The van der Waals surface area contributed by atoms with E-state index in [4.69, 9.17) is 14.5 Å². The molecule has 4 heterocycles. The van der Waals surface area contributed by atoms with Crippen molar-refractivity contribution in [3.8, 4) is 0 Å². The van der Waals surface area contributed by atoms with E-state index in [-0.39, 0.29) is 43.0 Å². The predicted molar refractivity (Wildman–Crippen MR) is 154 cm³/mol. The number of amides is 2. The highest BCUT2D eigenvalue weighted by Crippen LogP contribution is 2.29. The van der Waals surface area contributed by atoms with E-state index in [2.05, 4.69) is 29.5 Å². The van der Waals surface area contributed by atoms with E-state index >= 15 is 0 Å². The lowest BCUT2D eigenvalue weighted by molar-refractivity contribution is 0.0235. The van der Waals surface area contributed by atoms with Gasteiger partial charge in [-0.05, 0) is 53.9 Å². The molecule has 12 heteroatoms. The minimum absolute atomic E-state index is 0.0247. The van der Waals surface area contributed by atoms with Gasteiger partial charge in [-0.25, -0.2) is 19.6 Å². The zero-order valence-corrected chi connectivity index (χ0v) is 24.6. The molecular formula is C28H45N7O5. The average molecular weight is 560 g/mol. The molecule has 0 aliphatic carbocycles. The first-order chi connectivity index (χ1) is 19.0. The third-order valence-corrected chi connectivity index (χ3v) is 7.33. The van der Waals surface area contributed by atoms with Crippen LogP contribution in [-0.4, -0.2) is 98.2 Å². The van der Waals surface area contributed by atoms with Gasteiger partial charge in [-0.15, -0.1) is 0 Å². The summed E-state index contributed by atoms with van der Waals surface area (Å²) in [5.41, 5.74) is 1.91. The molecule has 2 saturated heterocycles. The number of aliphatic hydroxyl groups excluding tert-OH is 1. The second-order valence-corrected chi connectivity index (χ2v) is 12.0. The summed E-state index contributed by atoms with van der Waals surface area (Å²) in [7, 11) is 0. The molecule has 2 aliphatic heterocycles. The number of hydrogen-bond donors (Lipinski definition) is 3. The van der Waals surface area contributed by atoms with E-state index in [1.54, 1.807) is 9.80 Å². The molecule has 12 nitrogen and oxygen atoms in total. The first-order valence-electron chi connectivity index (χ1n) is 14.4. The molecule has 40 heavy (non-hydrogen) atoms. The van der Waals surface area contributed by atoms with Crippen molar-refractivity contribution in [2.75, 3.05) is 43.4 Å². The fraction of sp³-hybridized carbons (Fsp3) is 0.714. The van der Waals surface area contributed by atoms with Crippen molar-refractivity contribution in [3.05, 3.63) is 12.4 Å². The molecule has 222 valence electrons. The molecule has 0 spiro atoms. The van der Waals surface area contributed by atoms with Gasteiger partial charge in [-0.2, -0.15) is 0 Å². The van der Waals surface area contributed by atoms with Crippen molar-refractivity contribution in [1.82, 2.24) is 24.3 Å². The summed E-state index contributed by atoms with van der Waals surface area (Å²) in [5, 5.41) is 16.7. The van der Waals surface area contributed by atoms with Gasteiger partial charge in [0.15, 0.2) is 5.65 Å². The third-order valence-electron chi connectivity index (χ3n) is 7.33. The van der Waals surface area contributed by atoms with E-state index < -0.39 is 5.60 Å². The molecule has 2 aromatic heterocycles. The summed E-state index contributed by atoms with van der Waals surface area (Å²) < 4.78 is 13.2. The second-order valence-electron chi connectivity index (χ2n) is 12.0. The highest BCUT2D eigenvalue weighted by atomic mass is 16.6. The molecule has 0 radical (unpaired) electrons. The van der Waals surface area contributed by atoms with Gasteiger partial charge in [-0.3, -0.25) is 0 Å². The number of piperidine rings is 1. The number of pyridine rings is 1. The minimum atomic E-state index is -0.559. The second kappa shape index (κ2) is 12.5. The molecule has 2 fully saturated rings. The van der Waals surface area contributed by atoms with Crippen molar-refractivity contribution in [2.24, 2.45) is 0 Å². The van der Waals surface area contributed by atoms with E-state index in [1.165, 1.54) is 0 Å². The molecule has 2 amide bonds. The molecule has 0 aromatic carbocycles. The number of fused-ring (bicyclic) bond motifs is 1. The highest BCUT2D eigenvalue weighted by Gasteiger charge is 2.33. The van der Waals surface area contributed by atoms with E-state index in [1.807, 2.05) is 44.7 Å². The largest absolute Gasteiger partial charge is 0.444 e. The number of nitrogens with zero attached hydrogens (tertiary/aromatic N) is 5. The summed E-state index contributed by atoms with van der Waals surface area (Å²) in [6, 6.07) is 2.22. The third kappa shape index (κ3) is 7.26. The summed E-state index contributed by atoms with van der Waals surface area (Å²) in [6.07, 6.45) is 3.68. The summed E-state index contributed by atoms with van der Waals surface area (Å²) in [5.74, 6) is 0.691. The number of likely N-dealkylation sites (tertiary alicyclic amines) is 2. The van der Waals surface area contributed by atoms with Crippen LogP contribution in [0.15, 0.2) is 12.4 Å². The van der Waals surface area contributed by atoms with Crippen molar-refractivity contribution < 1.29 is 24.2 Å². The maximum absolute atomic E-state index is 12.9. The number of carbonyl (C=O) groups excluding carboxylic acids is 2. The number of anilines is 2. The highest BCUT2D eigenvalue weighted by molar-refractivity contribution is 5.88. The molecule has 4 rings (SSSR count). The summed E-state index contributed by atoms with van der Waals surface area (Å²) in [4.78, 5) is 38.0. The van der Waals surface area contributed by atoms with Crippen molar-refractivity contribution in [2.45, 2.75) is 97.1 Å². The first kappa shape index (κ1) is 29.7. The normalized spacial score (nSPS) is 19.2. The summed E-state index contributed by atoms with van der Waals surface area (Å²) in [6.45, 7) is 13.7. The van der Waals surface area contributed by atoms with Gasteiger partial charge in [0.2, 0.25) is 0 Å². The minimum Gasteiger partial charge on any atom is -0.444 e. The molecular weight excluding hydrogens is 514 g/mol. The number of ether oxygens (including phenoxy) is 2. The Morgan fingerprint density at radius 2 is 1.82 bits per heavy atom. The predicted octanol–water partition coefficient (Wildman–Crippen LogP) is 4.22. The number of hydrogen-bond acceptors (Lipinski definition) is 9. The number of nitrogens with one attached hydrogen (secondary N) is 2. The lowest BCUT2D eigenvalue weighted by Gasteiger charge is -2.33. The Morgan fingerprint density at radius 1 is 1.12 bits per heavy atom. The lowest BCUT2D eigenvalue weighted by atomic mass is 10.0. The summed E-state index contributed by atoms with van der Waals surface area (Å²) >= 11 is 0. The van der Waals surface area contributed by atoms with Crippen molar-refractivity contribution >= 4 is 34.9 Å². The molecule has 0 unspecified atom stereocenters. The molecule has 2 aliphatic rings. The Labute approximate surface area is 236 Å². The maximum atomic E-state index is 12.9. The molecule has 0 bridgehead atoms. The fourth-order valence-electron chi connectivity index (χ4n) is 5.01. The zero-order valence-electron chi connectivity index (χ0n) is 24.6. The number of aromatic nitrogens is 3. The van der Waals surface area contributed by atoms with Gasteiger partial charge in [0.1, 0.15) is 23.0 Å². The van der Waals surface area contributed by atoms with Crippen LogP contribution >= 0.6 is 0 Å². The van der Waals surface area contributed by atoms with Crippen LogP contribution in [0.4, 0.5) is 21.1 Å². The Balaban J connectivity index is 1.34. The van der Waals surface area contributed by atoms with Gasteiger partial charge in [0.25, 0.3) is 0 Å². The lowest BCUT2D eigenvalue weighted by Crippen LogP contribution is -2.44. The number of imidazole rings is 1.